The van der Waals surface area contributed by atoms with Gasteiger partial charge in [-0.15, -0.1) is 0 Å². The summed E-state index contributed by atoms with van der Waals surface area (Å²) in [6.07, 6.45) is 6.08. The van der Waals surface area contributed by atoms with Gasteiger partial charge in [0.05, 0.1) is 49.1 Å². The molecule has 11 unspecified atom stereocenters. The van der Waals surface area contributed by atoms with Crippen LogP contribution in [0.5, 0.6) is 0 Å². The third kappa shape index (κ3) is 4.35. The predicted molar refractivity (Wildman–Crippen MR) is 176 cm³/mol. The Morgan fingerprint density at radius 1 is 1.04 bits per heavy atom. The van der Waals surface area contributed by atoms with Crippen LogP contribution in [-0.2, 0) is 19.0 Å². The summed E-state index contributed by atoms with van der Waals surface area (Å²) in [4.78, 5) is 14.9. The van der Waals surface area contributed by atoms with Crippen LogP contribution in [0, 0.1) is 56.7 Å². The Hall–Kier alpha value is -0.810. The fraction of sp³-hybridized carbons (Fsp3) is 0.974. The van der Waals surface area contributed by atoms with Crippen LogP contribution in [0.25, 0.3) is 0 Å². The van der Waals surface area contributed by atoms with Gasteiger partial charge in [-0.05, 0) is 111 Å². The highest BCUT2D eigenvalue weighted by Crippen LogP contribution is 2.89. The fourth-order valence-electron chi connectivity index (χ4n) is 14.0. The van der Waals surface area contributed by atoms with E-state index in [0.29, 0.717) is 43.9 Å². The Kier molecular flexibility index (Phi) is 7.53. The van der Waals surface area contributed by atoms with Crippen molar-refractivity contribution in [2.45, 2.75) is 142 Å². The standard InChI is InChI=1S/C38H62N2O7/c1-21-16-23(30(41)34(4,5)44)46-29-28(21)35(6)12-13-38-20-37(38)11-10-26(33(2,3)24(37)8-9-25(38)36(35,7)31(29)42)47-27-19-40(14-15-45-27)32(43)22-17-39-18-22/h21-31,39,41-42,44H,8-20H2,1-7H3/t21-,23?,24?,25?,26?,27?,28?,29?,30?,31+,35?,36-,37?,38?/m1/s1. The van der Waals surface area contributed by atoms with Crippen molar-refractivity contribution < 1.29 is 34.3 Å². The Bertz CT molecular complexity index is 1270. The number of hydrogen-bond acceptors (Lipinski definition) is 8. The van der Waals surface area contributed by atoms with Gasteiger partial charge in [0, 0.05) is 25.0 Å². The largest absolute Gasteiger partial charge is 0.390 e. The van der Waals surface area contributed by atoms with Crippen molar-refractivity contribution in [1.82, 2.24) is 10.2 Å². The van der Waals surface area contributed by atoms with Gasteiger partial charge < -0.3 is 39.7 Å². The van der Waals surface area contributed by atoms with Crippen LogP contribution in [0.3, 0.4) is 0 Å². The van der Waals surface area contributed by atoms with Crippen LogP contribution < -0.4 is 5.32 Å². The Morgan fingerprint density at radius 2 is 1.74 bits per heavy atom. The molecule has 14 atom stereocenters. The van der Waals surface area contributed by atoms with E-state index in [-0.39, 0.29) is 63.3 Å². The van der Waals surface area contributed by atoms with Gasteiger partial charge in [-0.25, -0.2) is 0 Å². The van der Waals surface area contributed by atoms with Gasteiger partial charge in [0.2, 0.25) is 5.91 Å². The highest BCUT2D eigenvalue weighted by molar-refractivity contribution is 5.80. The van der Waals surface area contributed by atoms with Gasteiger partial charge in [0.25, 0.3) is 0 Å². The first kappa shape index (κ1) is 33.3. The number of hydrogen-bond donors (Lipinski definition) is 4. The molecule has 9 heteroatoms. The molecule has 8 fully saturated rings. The zero-order valence-electron chi connectivity index (χ0n) is 30.0. The van der Waals surface area contributed by atoms with Crippen molar-refractivity contribution >= 4 is 5.91 Å². The zero-order valence-corrected chi connectivity index (χ0v) is 30.0. The minimum Gasteiger partial charge on any atom is -0.390 e. The summed E-state index contributed by atoms with van der Waals surface area (Å²) in [7, 11) is 0. The maximum atomic E-state index is 13.0. The summed E-state index contributed by atoms with van der Waals surface area (Å²) >= 11 is 0. The smallest absolute Gasteiger partial charge is 0.228 e. The highest BCUT2D eigenvalue weighted by atomic mass is 16.7. The van der Waals surface area contributed by atoms with Gasteiger partial charge in [-0.2, -0.15) is 0 Å². The molecular weight excluding hydrogens is 596 g/mol. The van der Waals surface area contributed by atoms with Crippen molar-refractivity contribution in [3.05, 3.63) is 0 Å². The third-order valence-corrected chi connectivity index (χ3v) is 16.6. The monoisotopic (exact) mass is 658 g/mol. The lowest BCUT2D eigenvalue weighted by Gasteiger charge is -2.64. The zero-order chi connectivity index (χ0) is 33.5. The molecule has 1 amide bonds. The van der Waals surface area contributed by atoms with E-state index >= 15 is 0 Å². The van der Waals surface area contributed by atoms with E-state index in [0.717, 1.165) is 45.2 Å². The molecule has 2 spiro atoms. The topological polar surface area (TPSA) is 121 Å². The Balaban J connectivity index is 1.01. The van der Waals surface area contributed by atoms with E-state index in [9.17, 15) is 20.1 Å². The fourth-order valence-corrected chi connectivity index (χ4v) is 14.0. The molecule has 3 heterocycles. The second-order valence-corrected chi connectivity index (χ2v) is 19.2. The number of morpholine rings is 1. The van der Waals surface area contributed by atoms with Gasteiger partial charge in [-0.3, -0.25) is 4.79 Å². The number of nitrogens with zero attached hydrogens (tertiary/aromatic N) is 1. The number of rotatable bonds is 5. The first-order valence-corrected chi connectivity index (χ1v) is 19.0. The first-order chi connectivity index (χ1) is 22.0. The minimum absolute atomic E-state index is 0.0116. The Morgan fingerprint density at radius 3 is 2.43 bits per heavy atom. The van der Waals surface area contributed by atoms with Gasteiger partial charge in [0.15, 0.2) is 6.29 Å². The molecule has 9 nitrogen and oxygen atoms in total. The van der Waals surface area contributed by atoms with Crippen LogP contribution >= 0.6 is 0 Å². The van der Waals surface area contributed by atoms with E-state index in [2.05, 4.69) is 39.9 Å². The molecule has 4 N–H and O–H groups in total. The molecule has 0 aromatic carbocycles. The number of ether oxygens (including phenoxy) is 3. The number of amides is 1. The minimum atomic E-state index is -1.26. The molecule has 0 bridgehead atoms. The number of aliphatic hydroxyl groups is 3. The van der Waals surface area contributed by atoms with E-state index in [1.807, 2.05) is 4.90 Å². The summed E-state index contributed by atoms with van der Waals surface area (Å²) in [5.41, 5.74) is -1.04. The van der Waals surface area contributed by atoms with E-state index in [1.165, 1.54) is 12.8 Å². The van der Waals surface area contributed by atoms with Gasteiger partial charge in [-0.1, -0.05) is 34.6 Å². The maximum absolute atomic E-state index is 13.0. The quantitative estimate of drug-likeness (QED) is 0.353. The molecule has 0 aromatic rings. The Labute approximate surface area is 281 Å². The summed E-state index contributed by atoms with van der Waals surface area (Å²) < 4.78 is 19.6. The molecule has 0 radical (unpaired) electrons. The number of aliphatic hydroxyl groups excluding tert-OH is 2. The molecule has 8 aliphatic rings. The van der Waals surface area contributed by atoms with Crippen LogP contribution in [0.2, 0.25) is 0 Å². The van der Waals surface area contributed by atoms with Crippen molar-refractivity contribution in [1.29, 1.82) is 0 Å². The lowest BCUT2D eigenvalue weighted by molar-refractivity contribution is -0.248. The molecule has 3 saturated heterocycles. The van der Waals surface area contributed by atoms with Crippen molar-refractivity contribution in [2.75, 3.05) is 32.8 Å². The molecule has 5 saturated carbocycles. The molecule has 0 aromatic heterocycles. The lowest BCUT2D eigenvalue weighted by Crippen LogP contribution is -2.60. The molecule has 266 valence electrons. The van der Waals surface area contributed by atoms with Crippen LogP contribution in [-0.4, -0.2) is 101 Å². The van der Waals surface area contributed by atoms with Crippen LogP contribution in [0.4, 0.5) is 0 Å². The summed E-state index contributed by atoms with van der Waals surface area (Å²) in [6.45, 7) is 18.5. The number of fused-ring (bicyclic) bond motifs is 4. The van der Waals surface area contributed by atoms with E-state index < -0.39 is 23.9 Å². The van der Waals surface area contributed by atoms with E-state index in [1.54, 1.807) is 13.8 Å². The van der Waals surface area contributed by atoms with E-state index in [4.69, 9.17) is 14.2 Å². The van der Waals surface area contributed by atoms with Crippen LogP contribution in [0.15, 0.2) is 0 Å². The van der Waals surface area contributed by atoms with Gasteiger partial charge in [0.1, 0.15) is 6.10 Å². The molecule has 5 aliphatic carbocycles. The predicted octanol–water partition coefficient (Wildman–Crippen LogP) is 3.72. The second-order valence-electron chi connectivity index (χ2n) is 19.2. The average Bonchev–Trinajstić information content (AvgIpc) is 3.61. The number of carbonyl (C=O) groups excluding carboxylic acids is 1. The third-order valence-electron chi connectivity index (χ3n) is 16.6. The molecular formula is C38H62N2O7. The van der Waals surface area contributed by atoms with Gasteiger partial charge >= 0.3 is 0 Å². The molecule has 3 aliphatic heterocycles. The number of carbonyl (C=O) groups is 1. The average molecular weight is 659 g/mol. The second kappa shape index (κ2) is 10.6. The molecule has 47 heavy (non-hydrogen) atoms. The first-order valence-electron chi connectivity index (χ1n) is 19.0. The number of nitrogens with one attached hydrogen (secondary N) is 1. The summed E-state index contributed by atoms with van der Waals surface area (Å²) in [5, 5.41) is 37.3. The van der Waals surface area contributed by atoms with Crippen molar-refractivity contribution in [2.24, 2.45) is 56.7 Å². The molecule has 8 rings (SSSR count). The SMILES string of the molecule is C[C@@H]1CC(C(O)C(C)(C)O)OC2C1C1(C)CCC34CC35CCC(OC3CN(C(=O)C6CNC6)CCO3)C(C)(C)C5CCC4[C@]1(C)[C@H]2O. The summed E-state index contributed by atoms with van der Waals surface area (Å²) in [5.74, 6) is 1.85. The maximum Gasteiger partial charge on any atom is 0.228 e. The van der Waals surface area contributed by atoms with Crippen molar-refractivity contribution in [3.63, 3.8) is 0 Å². The van der Waals surface area contributed by atoms with Crippen molar-refractivity contribution in [3.8, 4) is 0 Å². The lowest BCUT2D eigenvalue weighted by atomic mass is 9.41. The highest BCUT2D eigenvalue weighted by Gasteiger charge is 2.84. The van der Waals surface area contributed by atoms with Crippen LogP contribution in [0.1, 0.15) is 99.8 Å². The summed E-state index contributed by atoms with van der Waals surface area (Å²) in [6, 6.07) is 0. The normalized spacial score (nSPS) is 52.6.